The maximum atomic E-state index is 4.37. The summed E-state index contributed by atoms with van der Waals surface area (Å²) in [6.07, 6.45) is 4.07. The minimum Gasteiger partial charge on any atom is -0.365 e. The van der Waals surface area contributed by atoms with Crippen LogP contribution >= 0.6 is 0 Å². The molecule has 78 valence electrons. The molecule has 0 radical (unpaired) electrons. The summed E-state index contributed by atoms with van der Waals surface area (Å²) in [5.41, 5.74) is 1.57. The van der Waals surface area contributed by atoms with Gasteiger partial charge in [-0.1, -0.05) is 0 Å². The minimum atomic E-state index is 0.566. The number of aromatic amines is 1. The third-order valence-electron chi connectivity index (χ3n) is 2.43. The fourth-order valence-electron chi connectivity index (χ4n) is 1.47. The van der Waals surface area contributed by atoms with Crippen molar-refractivity contribution in [3.05, 3.63) is 6.33 Å². The van der Waals surface area contributed by atoms with Crippen molar-refractivity contribution in [1.29, 1.82) is 0 Å². The molecular formula is C9H12N6. The molecule has 0 spiro atoms. The van der Waals surface area contributed by atoms with Crippen molar-refractivity contribution >= 4 is 22.9 Å². The molecule has 1 aliphatic carbocycles. The number of rotatable bonds is 3. The third kappa shape index (κ3) is 1.47. The van der Waals surface area contributed by atoms with E-state index in [1.54, 1.807) is 13.4 Å². The molecule has 0 unspecified atom stereocenters. The zero-order valence-electron chi connectivity index (χ0n) is 8.41. The lowest BCUT2D eigenvalue weighted by atomic mass is 10.4. The molecule has 1 aliphatic rings. The van der Waals surface area contributed by atoms with Gasteiger partial charge in [0.05, 0.1) is 6.33 Å². The van der Waals surface area contributed by atoms with Gasteiger partial charge in [-0.2, -0.15) is 9.97 Å². The van der Waals surface area contributed by atoms with Crippen molar-refractivity contribution in [2.45, 2.75) is 18.9 Å². The Morgan fingerprint density at radius 2 is 2.27 bits per heavy atom. The third-order valence-corrected chi connectivity index (χ3v) is 2.43. The maximum absolute atomic E-state index is 4.37. The van der Waals surface area contributed by atoms with Crippen LogP contribution in [0.4, 0.5) is 11.8 Å². The van der Waals surface area contributed by atoms with Crippen molar-refractivity contribution in [3.63, 3.8) is 0 Å². The SMILES string of the molecule is CNc1nc(NC2CC2)c2[nH]cnc2n1. The number of aromatic nitrogens is 4. The van der Waals surface area contributed by atoms with Crippen molar-refractivity contribution in [2.24, 2.45) is 0 Å². The topological polar surface area (TPSA) is 78.5 Å². The number of fused-ring (bicyclic) bond motifs is 1. The standard InChI is InChI=1S/C9H12N6/c1-10-9-14-7-6(11-4-12-7)8(15-9)13-5-2-3-5/h4-5H,2-3H2,1H3,(H3,10,11,12,13,14,15). The predicted octanol–water partition coefficient (Wildman–Crippen LogP) is 0.969. The number of hydrogen-bond donors (Lipinski definition) is 3. The van der Waals surface area contributed by atoms with Crippen molar-refractivity contribution in [2.75, 3.05) is 17.7 Å². The van der Waals surface area contributed by atoms with E-state index >= 15 is 0 Å². The number of hydrogen-bond acceptors (Lipinski definition) is 5. The Kier molecular flexibility index (Phi) is 1.74. The number of nitrogens with one attached hydrogen (secondary N) is 3. The van der Waals surface area contributed by atoms with Gasteiger partial charge in [0, 0.05) is 13.1 Å². The van der Waals surface area contributed by atoms with E-state index in [0.29, 0.717) is 17.6 Å². The van der Waals surface area contributed by atoms with E-state index in [-0.39, 0.29) is 0 Å². The molecule has 3 rings (SSSR count). The lowest BCUT2D eigenvalue weighted by Crippen LogP contribution is -2.06. The fourth-order valence-corrected chi connectivity index (χ4v) is 1.47. The van der Waals surface area contributed by atoms with Crippen molar-refractivity contribution < 1.29 is 0 Å². The van der Waals surface area contributed by atoms with Crippen LogP contribution in [0.15, 0.2) is 6.33 Å². The van der Waals surface area contributed by atoms with Gasteiger partial charge in [0.15, 0.2) is 11.5 Å². The highest BCUT2D eigenvalue weighted by Crippen LogP contribution is 2.27. The van der Waals surface area contributed by atoms with Crippen LogP contribution in [-0.4, -0.2) is 33.0 Å². The molecule has 3 N–H and O–H groups in total. The van der Waals surface area contributed by atoms with E-state index in [1.807, 2.05) is 0 Å². The average molecular weight is 204 g/mol. The Balaban J connectivity index is 2.09. The van der Waals surface area contributed by atoms with Gasteiger partial charge in [-0.15, -0.1) is 0 Å². The number of imidazole rings is 1. The molecule has 0 amide bonds. The molecule has 0 saturated heterocycles. The van der Waals surface area contributed by atoms with Gasteiger partial charge in [0.2, 0.25) is 5.95 Å². The number of H-pyrrole nitrogens is 1. The van der Waals surface area contributed by atoms with E-state index in [4.69, 9.17) is 0 Å². The highest BCUT2D eigenvalue weighted by atomic mass is 15.2. The summed E-state index contributed by atoms with van der Waals surface area (Å²) in [7, 11) is 1.80. The van der Waals surface area contributed by atoms with E-state index in [2.05, 4.69) is 30.6 Å². The summed E-state index contributed by atoms with van der Waals surface area (Å²) >= 11 is 0. The molecule has 2 heterocycles. The minimum absolute atomic E-state index is 0.566. The Morgan fingerprint density at radius 1 is 1.40 bits per heavy atom. The lowest BCUT2D eigenvalue weighted by Gasteiger charge is -2.06. The molecule has 0 aliphatic heterocycles. The van der Waals surface area contributed by atoms with Crippen LogP contribution in [-0.2, 0) is 0 Å². The zero-order chi connectivity index (χ0) is 10.3. The van der Waals surface area contributed by atoms with Gasteiger partial charge < -0.3 is 15.6 Å². The second-order valence-electron chi connectivity index (χ2n) is 3.67. The van der Waals surface area contributed by atoms with Crippen LogP contribution in [0.1, 0.15) is 12.8 Å². The molecular weight excluding hydrogens is 192 g/mol. The highest BCUT2D eigenvalue weighted by molar-refractivity contribution is 5.83. The van der Waals surface area contributed by atoms with Crippen LogP contribution in [0.3, 0.4) is 0 Å². The lowest BCUT2D eigenvalue weighted by molar-refractivity contribution is 1.09. The largest absolute Gasteiger partial charge is 0.365 e. The number of nitrogens with zero attached hydrogens (tertiary/aromatic N) is 3. The molecule has 0 aromatic carbocycles. The molecule has 15 heavy (non-hydrogen) atoms. The smallest absolute Gasteiger partial charge is 0.226 e. The van der Waals surface area contributed by atoms with E-state index in [0.717, 1.165) is 11.3 Å². The summed E-state index contributed by atoms with van der Waals surface area (Å²) in [5.74, 6) is 1.43. The van der Waals surface area contributed by atoms with Gasteiger partial charge in [0.25, 0.3) is 0 Å². The maximum Gasteiger partial charge on any atom is 0.226 e. The molecule has 1 saturated carbocycles. The summed E-state index contributed by atoms with van der Waals surface area (Å²) < 4.78 is 0. The molecule has 6 heteroatoms. The summed E-state index contributed by atoms with van der Waals surface area (Å²) in [4.78, 5) is 15.8. The Morgan fingerprint density at radius 3 is 3.00 bits per heavy atom. The first-order valence-corrected chi connectivity index (χ1v) is 5.02. The summed E-state index contributed by atoms with van der Waals surface area (Å²) in [6.45, 7) is 0. The molecule has 6 nitrogen and oxygen atoms in total. The normalized spacial score (nSPS) is 15.5. The van der Waals surface area contributed by atoms with E-state index in [1.165, 1.54) is 12.8 Å². The van der Waals surface area contributed by atoms with Gasteiger partial charge in [-0.3, -0.25) is 0 Å². The van der Waals surface area contributed by atoms with Gasteiger partial charge in [0.1, 0.15) is 5.52 Å². The summed E-state index contributed by atoms with van der Waals surface area (Å²) in [5, 5.41) is 6.28. The fraction of sp³-hybridized carbons (Fsp3) is 0.444. The zero-order valence-corrected chi connectivity index (χ0v) is 8.41. The van der Waals surface area contributed by atoms with Crippen LogP contribution in [0.5, 0.6) is 0 Å². The Labute approximate surface area is 86.5 Å². The second-order valence-corrected chi connectivity index (χ2v) is 3.67. The molecule has 2 aromatic heterocycles. The molecule has 2 aromatic rings. The average Bonchev–Trinajstić information content (AvgIpc) is 2.93. The predicted molar refractivity (Wildman–Crippen MR) is 57.9 cm³/mol. The second kappa shape index (κ2) is 3.08. The van der Waals surface area contributed by atoms with Gasteiger partial charge in [-0.05, 0) is 12.8 Å². The molecule has 0 atom stereocenters. The first kappa shape index (κ1) is 8.46. The Hall–Kier alpha value is -1.85. The Bertz CT molecular complexity index is 486. The van der Waals surface area contributed by atoms with Crippen molar-refractivity contribution in [3.8, 4) is 0 Å². The van der Waals surface area contributed by atoms with Crippen LogP contribution < -0.4 is 10.6 Å². The van der Waals surface area contributed by atoms with Crippen LogP contribution in [0.2, 0.25) is 0 Å². The highest BCUT2D eigenvalue weighted by Gasteiger charge is 2.23. The summed E-state index contributed by atoms with van der Waals surface area (Å²) in [6, 6.07) is 0.566. The monoisotopic (exact) mass is 204 g/mol. The first-order valence-electron chi connectivity index (χ1n) is 5.02. The quantitative estimate of drug-likeness (QED) is 0.694. The first-order chi connectivity index (χ1) is 7.36. The van der Waals surface area contributed by atoms with Gasteiger partial charge in [-0.25, -0.2) is 4.98 Å². The molecule has 0 bridgehead atoms. The van der Waals surface area contributed by atoms with Crippen molar-refractivity contribution in [1.82, 2.24) is 19.9 Å². The molecule has 1 fully saturated rings. The van der Waals surface area contributed by atoms with Crippen LogP contribution in [0, 0.1) is 0 Å². The van der Waals surface area contributed by atoms with E-state index in [9.17, 15) is 0 Å². The number of anilines is 2. The van der Waals surface area contributed by atoms with E-state index < -0.39 is 0 Å². The van der Waals surface area contributed by atoms with Crippen LogP contribution in [0.25, 0.3) is 11.2 Å². The van der Waals surface area contributed by atoms with Gasteiger partial charge >= 0.3 is 0 Å².